The number of hydrogen-bond acceptors (Lipinski definition) is 3. The molecule has 4 heteroatoms. The van der Waals surface area contributed by atoms with Crippen LogP contribution >= 0.6 is 27.3 Å². The van der Waals surface area contributed by atoms with Crippen molar-refractivity contribution >= 4 is 38.0 Å². The Bertz CT molecular complexity index is 725. The number of hydrogen-bond donors (Lipinski definition) is 1. The summed E-state index contributed by atoms with van der Waals surface area (Å²) < 4.78 is 1.12. The Morgan fingerprint density at radius 1 is 1.19 bits per heavy atom. The van der Waals surface area contributed by atoms with Crippen molar-refractivity contribution in [3.63, 3.8) is 0 Å². The van der Waals surface area contributed by atoms with Gasteiger partial charge in [-0.1, -0.05) is 41.1 Å². The van der Waals surface area contributed by atoms with Gasteiger partial charge in [-0.3, -0.25) is 4.98 Å². The summed E-state index contributed by atoms with van der Waals surface area (Å²) in [6.07, 6.45) is 2.95. The Morgan fingerprint density at radius 2 is 2.00 bits per heavy atom. The largest absolute Gasteiger partial charge is 0.310 e. The lowest BCUT2D eigenvalue weighted by molar-refractivity contribution is 0.553. The average molecular weight is 361 g/mol. The molecule has 3 rings (SSSR count). The maximum Gasteiger partial charge on any atom is 0.0794 e. The summed E-state index contributed by atoms with van der Waals surface area (Å²) in [6.45, 7) is 3.11. The zero-order chi connectivity index (χ0) is 14.7. The topological polar surface area (TPSA) is 24.9 Å². The van der Waals surface area contributed by atoms with E-state index in [9.17, 15) is 0 Å². The fourth-order valence-electron chi connectivity index (χ4n) is 2.55. The monoisotopic (exact) mass is 360 g/mol. The van der Waals surface area contributed by atoms with Crippen LogP contribution in [0.2, 0.25) is 0 Å². The lowest BCUT2D eigenvalue weighted by atomic mass is 9.99. The molecule has 0 aliphatic rings. The van der Waals surface area contributed by atoms with Gasteiger partial charge in [-0.15, -0.1) is 11.3 Å². The van der Waals surface area contributed by atoms with E-state index in [2.05, 4.69) is 69.6 Å². The second-order valence-corrected chi connectivity index (χ2v) is 6.92. The molecule has 0 aliphatic carbocycles. The van der Waals surface area contributed by atoms with Crippen LogP contribution in [-0.2, 0) is 6.42 Å². The van der Waals surface area contributed by atoms with Crippen molar-refractivity contribution < 1.29 is 0 Å². The molecule has 0 saturated heterocycles. The summed E-state index contributed by atoms with van der Waals surface area (Å²) in [6, 6.07) is 13.5. The van der Waals surface area contributed by atoms with Crippen LogP contribution in [0, 0.1) is 0 Å². The van der Waals surface area contributed by atoms with Crippen LogP contribution < -0.4 is 5.32 Å². The standard InChI is InChI=1S/C17H17BrN2S/c1-2-20-17(9-16-10-19-11-21-16)14-4-3-13-8-15(18)6-5-12(13)7-14/h3-8,10-11,17,20H,2,9H2,1H3. The van der Waals surface area contributed by atoms with E-state index < -0.39 is 0 Å². The molecule has 0 spiro atoms. The number of aromatic nitrogens is 1. The van der Waals surface area contributed by atoms with Crippen molar-refractivity contribution in [2.75, 3.05) is 6.54 Å². The third-order valence-electron chi connectivity index (χ3n) is 3.57. The van der Waals surface area contributed by atoms with E-state index in [1.54, 1.807) is 11.3 Å². The highest BCUT2D eigenvalue weighted by Gasteiger charge is 2.12. The predicted octanol–water partition coefficient (Wildman–Crippen LogP) is 4.95. The highest BCUT2D eigenvalue weighted by molar-refractivity contribution is 9.10. The molecule has 1 unspecified atom stereocenters. The van der Waals surface area contributed by atoms with E-state index in [4.69, 9.17) is 0 Å². The first-order chi connectivity index (χ1) is 10.3. The Kier molecular flexibility index (Phi) is 4.68. The molecule has 1 aromatic heterocycles. The molecule has 1 atom stereocenters. The molecule has 0 amide bonds. The molecule has 1 N–H and O–H groups in total. The third kappa shape index (κ3) is 3.51. The molecule has 0 saturated carbocycles. The van der Waals surface area contributed by atoms with Crippen molar-refractivity contribution in [2.24, 2.45) is 0 Å². The molecule has 3 aromatic rings. The molecule has 0 radical (unpaired) electrons. The lowest BCUT2D eigenvalue weighted by Crippen LogP contribution is -2.22. The van der Waals surface area contributed by atoms with Gasteiger partial charge < -0.3 is 5.32 Å². The molecule has 0 fully saturated rings. The van der Waals surface area contributed by atoms with E-state index >= 15 is 0 Å². The SMILES string of the molecule is CCNC(Cc1cncs1)c1ccc2cc(Br)ccc2c1. The van der Waals surface area contributed by atoms with Crippen molar-refractivity contribution in [3.05, 3.63) is 63.0 Å². The lowest BCUT2D eigenvalue weighted by Gasteiger charge is -2.18. The first-order valence-electron chi connectivity index (χ1n) is 7.06. The predicted molar refractivity (Wildman–Crippen MR) is 93.9 cm³/mol. The number of benzene rings is 2. The third-order valence-corrected chi connectivity index (χ3v) is 4.86. The summed E-state index contributed by atoms with van der Waals surface area (Å²) >= 11 is 5.25. The summed E-state index contributed by atoms with van der Waals surface area (Å²) in [4.78, 5) is 5.49. The maximum absolute atomic E-state index is 4.17. The van der Waals surface area contributed by atoms with Gasteiger partial charge in [-0.2, -0.15) is 0 Å². The molecule has 108 valence electrons. The number of nitrogens with zero attached hydrogens (tertiary/aromatic N) is 1. The summed E-state index contributed by atoms with van der Waals surface area (Å²) in [5, 5.41) is 6.13. The molecule has 1 heterocycles. The zero-order valence-electron chi connectivity index (χ0n) is 11.8. The number of likely N-dealkylation sites (N-methyl/N-ethyl adjacent to an activating group) is 1. The van der Waals surface area contributed by atoms with Crippen molar-refractivity contribution in [1.29, 1.82) is 0 Å². The van der Waals surface area contributed by atoms with Crippen molar-refractivity contribution in [3.8, 4) is 0 Å². The van der Waals surface area contributed by atoms with E-state index in [1.807, 2.05) is 11.7 Å². The van der Waals surface area contributed by atoms with Crippen LogP contribution in [0.25, 0.3) is 10.8 Å². The highest BCUT2D eigenvalue weighted by atomic mass is 79.9. The molecular formula is C17H17BrN2S. The molecule has 0 bridgehead atoms. The highest BCUT2D eigenvalue weighted by Crippen LogP contribution is 2.26. The Labute approximate surface area is 137 Å². The maximum atomic E-state index is 4.17. The first-order valence-corrected chi connectivity index (χ1v) is 8.73. The fraction of sp³-hybridized carbons (Fsp3) is 0.235. The Balaban J connectivity index is 1.92. The van der Waals surface area contributed by atoms with Crippen molar-refractivity contribution in [1.82, 2.24) is 10.3 Å². The minimum atomic E-state index is 0.337. The van der Waals surface area contributed by atoms with Gasteiger partial charge in [0.25, 0.3) is 0 Å². The minimum absolute atomic E-state index is 0.337. The number of rotatable bonds is 5. The fourth-order valence-corrected chi connectivity index (χ4v) is 3.57. The van der Waals surface area contributed by atoms with E-state index in [1.165, 1.54) is 21.2 Å². The van der Waals surface area contributed by atoms with Gasteiger partial charge in [0.15, 0.2) is 0 Å². The Hall–Kier alpha value is -1.23. The van der Waals surface area contributed by atoms with Gasteiger partial charge in [0, 0.05) is 28.0 Å². The van der Waals surface area contributed by atoms with Gasteiger partial charge in [0.2, 0.25) is 0 Å². The number of halogens is 1. The summed E-state index contributed by atoms with van der Waals surface area (Å²) in [7, 11) is 0. The van der Waals surface area contributed by atoms with Gasteiger partial charge in [0.1, 0.15) is 0 Å². The molecular weight excluding hydrogens is 344 g/mol. The average Bonchev–Trinajstić information content (AvgIpc) is 2.99. The van der Waals surface area contributed by atoms with E-state index in [0.29, 0.717) is 6.04 Å². The van der Waals surface area contributed by atoms with Crippen molar-refractivity contribution in [2.45, 2.75) is 19.4 Å². The summed E-state index contributed by atoms with van der Waals surface area (Å²) in [5.74, 6) is 0. The Morgan fingerprint density at radius 3 is 2.76 bits per heavy atom. The molecule has 2 nitrogen and oxygen atoms in total. The molecule has 0 aliphatic heterocycles. The van der Waals surface area contributed by atoms with E-state index in [-0.39, 0.29) is 0 Å². The second kappa shape index (κ2) is 6.69. The van der Waals surface area contributed by atoms with Gasteiger partial charge >= 0.3 is 0 Å². The normalized spacial score (nSPS) is 12.7. The number of thiazole rings is 1. The smallest absolute Gasteiger partial charge is 0.0794 e. The van der Waals surface area contributed by atoms with Crippen LogP contribution in [0.1, 0.15) is 23.4 Å². The van der Waals surface area contributed by atoms with Gasteiger partial charge in [-0.25, -0.2) is 0 Å². The minimum Gasteiger partial charge on any atom is -0.310 e. The van der Waals surface area contributed by atoms with Gasteiger partial charge in [0.05, 0.1) is 5.51 Å². The first kappa shape index (κ1) is 14.7. The zero-order valence-corrected chi connectivity index (χ0v) is 14.2. The molecule has 2 aromatic carbocycles. The van der Waals surface area contributed by atoms with Gasteiger partial charge in [-0.05, 0) is 41.1 Å². The number of nitrogens with one attached hydrogen (secondary N) is 1. The van der Waals surface area contributed by atoms with Crippen LogP contribution in [0.5, 0.6) is 0 Å². The second-order valence-electron chi connectivity index (χ2n) is 5.03. The van der Waals surface area contributed by atoms with Crippen LogP contribution in [-0.4, -0.2) is 11.5 Å². The van der Waals surface area contributed by atoms with Crippen LogP contribution in [0.3, 0.4) is 0 Å². The van der Waals surface area contributed by atoms with Crippen LogP contribution in [0.4, 0.5) is 0 Å². The number of fused-ring (bicyclic) bond motifs is 1. The van der Waals surface area contributed by atoms with E-state index in [0.717, 1.165) is 17.4 Å². The molecule has 21 heavy (non-hydrogen) atoms. The quantitative estimate of drug-likeness (QED) is 0.695. The van der Waals surface area contributed by atoms with Crippen LogP contribution in [0.15, 0.2) is 52.6 Å². The summed E-state index contributed by atoms with van der Waals surface area (Å²) in [5.41, 5.74) is 3.23.